The van der Waals surface area contributed by atoms with Crippen molar-refractivity contribution in [3.63, 3.8) is 0 Å². The number of hydrogen-bond acceptors (Lipinski definition) is 6. The van der Waals surface area contributed by atoms with E-state index in [-0.39, 0.29) is 5.56 Å². The van der Waals surface area contributed by atoms with Gasteiger partial charge in [-0.1, -0.05) is 30.3 Å². The van der Waals surface area contributed by atoms with E-state index in [1.54, 1.807) is 18.2 Å². The molecule has 0 fully saturated rings. The smallest absolute Gasteiger partial charge is 0.378 e. The van der Waals surface area contributed by atoms with E-state index >= 15 is 0 Å². The van der Waals surface area contributed by atoms with Gasteiger partial charge in [-0.2, -0.15) is 0 Å². The number of ether oxygens (including phenoxy) is 1. The Bertz CT molecular complexity index is 495. The molecule has 0 saturated carbocycles. The Kier molecular flexibility index (Phi) is 2.98. The van der Waals surface area contributed by atoms with Crippen LogP contribution in [0, 0.1) is 0 Å². The summed E-state index contributed by atoms with van der Waals surface area (Å²) in [6.45, 7) is -0.750. The molecule has 2 rings (SSSR count). The van der Waals surface area contributed by atoms with Gasteiger partial charge in [0.05, 0.1) is 6.61 Å². The van der Waals surface area contributed by atoms with E-state index in [4.69, 9.17) is 9.84 Å². The van der Waals surface area contributed by atoms with Crippen LogP contribution in [0.15, 0.2) is 41.9 Å². The van der Waals surface area contributed by atoms with Crippen LogP contribution >= 0.6 is 0 Å². The highest BCUT2D eigenvalue weighted by Crippen LogP contribution is 2.42. The summed E-state index contributed by atoms with van der Waals surface area (Å²) >= 11 is 0. The van der Waals surface area contributed by atoms with Gasteiger partial charge in [-0.25, -0.2) is 4.79 Å². The second kappa shape index (κ2) is 4.32. The number of hydrogen-bond donors (Lipinski definition) is 4. The van der Waals surface area contributed by atoms with E-state index in [1.807, 2.05) is 0 Å². The molecule has 96 valence electrons. The molecule has 1 heterocycles. The molecule has 0 aliphatic carbocycles. The average Bonchev–Trinajstić information content (AvgIpc) is 2.64. The van der Waals surface area contributed by atoms with Crippen molar-refractivity contribution in [2.24, 2.45) is 0 Å². The number of benzene rings is 1. The van der Waals surface area contributed by atoms with E-state index in [2.05, 4.69) is 0 Å². The molecular weight excluding hydrogens is 240 g/mol. The zero-order chi connectivity index (χ0) is 13.3. The SMILES string of the molecule is O=C1O[C@](c2ccccc2)([C@@H](O)CO)C(O)=C1O. The van der Waals surface area contributed by atoms with Crippen LogP contribution in [0.5, 0.6) is 0 Å². The van der Waals surface area contributed by atoms with Crippen molar-refractivity contribution in [1.82, 2.24) is 0 Å². The number of carbonyl (C=O) groups is 1. The maximum absolute atomic E-state index is 11.3. The lowest BCUT2D eigenvalue weighted by atomic mass is 9.86. The van der Waals surface area contributed by atoms with Crippen molar-refractivity contribution in [2.75, 3.05) is 6.61 Å². The molecule has 1 aromatic carbocycles. The van der Waals surface area contributed by atoms with Crippen LogP contribution in [0.2, 0.25) is 0 Å². The summed E-state index contributed by atoms with van der Waals surface area (Å²) in [7, 11) is 0. The first kappa shape index (κ1) is 12.4. The van der Waals surface area contributed by atoms with Crippen molar-refractivity contribution in [3.05, 3.63) is 47.4 Å². The van der Waals surface area contributed by atoms with E-state index in [0.717, 1.165) is 0 Å². The largest absolute Gasteiger partial charge is 0.505 e. The summed E-state index contributed by atoms with van der Waals surface area (Å²) in [6, 6.07) is 7.91. The summed E-state index contributed by atoms with van der Waals surface area (Å²) in [5, 5.41) is 38.1. The molecule has 0 amide bonds. The highest BCUT2D eigenvalue weighted by Gasteiger charge is 2.55. The monoisotopic (exact) mass is 252 g/mol. The molecular formula is C12H12O6. The number of rotatable bonds is 3. The number of esters is 1. The molecule has 4 N–H and O–H groups in total. The Hall–Kier alpha value is -2.05. The molecule has 1 aliphatic rings. The molecule has 0 bridgehead atoms. The van der Waals surface area contributed by atoms with Gasteiger partial charge in [-0.3, -0.25) is 0 Å². The number of aliphatic hydroxyl groups is 4. The minimum atomic E-state index is -1.96. The molecule has 6 nitrogen and oxygen atoms in total. The van der Waals surface area contributed by atoms with Gasteiger partial charge in [0.15, 0.2) is 5.76 Å². The fraction of sp³-hybridized carbons (Fsp3) is 0.250. The van der Waals surface area contributed by atoms with E-state index < -0.39 is 35.8 Å². The highest BCUT2D eigenvalue weighted by atomic mass is 16.6. The average molecular weight is 252 g/mol. The number of carbonyl (C=O) groups excluding carboxylic acids is 1. The normalized spacial score (nSPS) is 25.1. The molecule has 1 aromatic rings. The number of cyclic esters (lactones) is 1. The summed E-state index contributed by atoms with van der Waals surface area (Å²) in [5.41, 5.74) is -1.71. The third kappa shape index (κ3) is 1.54. The fourth-order valence-corrected chi connectivity index (χ4v) is 1.94. The van der Waals surface area contributed by atoms with Gasteiger partial charge < -0.3 is 25.2 Å². The van der Waals surface area contributed by atoms with Gasteiger partial charge in [0.25, 0.3) is 0 Å². The van der Waals surface area contributed by atoms with Crippen LogP contribution in [0.4, 0.5) is 0 Å². The quantitative estimate of drug-likeness (QED) is 0.569. The maximum Gasteiger partial charge on any atom is 0.378 e. The van der Waals surface area contributed by atoms with Gasteiger partial charge in [0.2, 0.25) is 11.4 Å². The van der Waals surface area contributed by atoms with Crippen molar-refractivity contribution >= 4 is 5.97 Å². The first-order valence-corrected chi connectivity index (χ1v) is 5.24. The van der Waals surface area contributed by atoms with Crippen LogP contribution in [-0.4, -0.2) is 39.1 Å². The minimum Gasteiger partial charge on any atom is -0.505 e. The first-order valence-electron chi connectivity index (χ1n) is 5.24. The molecule has 2 atom stereocenters. The standard InChI is InChI=1S/C12H12O6/c13-6-8(14)12(7-4-2-1-3-5-7)10(16)9(15)11(17)18-12/h1-5,8,13-16H,6H2/t8-,12+/m0/s1. The second-order valence-corrected chi connectivity index (χ2v) is 3.89. The molecule has 0 aromatic heterocycles. The molecule has 1 aliphatic heterocycles. The molecule has 0 saturated heterocycles. The third-order valence-electron chi connectivity index (χ3n) is 2.87. The second-order valence-electron chi connectivity index (χ2n) is 3.89. The summed E-state index contributed by atoms with van der Waals surface area (Å²) in [5.74, 6) is -2.92. The van der Waals surface area contributed by atoms with E-state index in [1.165, 1.54) is 12.1 Å². The first-order chi connectivity index (χ1) is 8.54. The molecule has 0 spiro atoms. The highest BCUT2D eigenvalue weighted by molar-refractivity contribution is 5.90. The Morgan fingerprint density at radius 3 is 2.28 bits per heavy atom. The van der Waals surface area contributed by atoms with Crippen LogP contribution in [-0.2, 0) is 15.1 Å². The van der Waals surface area contributed by atoms with Crippen molar-refractivity contribution < 1.29 is 30.0 Å². The Morgan fingerprint density at radius 2 is 1.83 bits per heavy atom. The van der Waals surface area contributed by atoms with Crippen molar-refractivity contribution in [1.29, 1.82) is 0 Å². The predicted octanol–water partition coefficient (Wildman–Crippen LogP) is 0.120. The molecule has 0 radical (unpaired) electrons. The Balaban J connectivity index is 2.61. The molecule has 18 heavy (non-hydrogen) atoms. The summed E-state index contributed by atoms with van der Waals surface area (Å²) in [6.07, 6.45) is -1.59. The van der Waals surface area contributed by atoms with Crippen LogP contribution in [0.25, 0.3) is 0 Å². The van der Waals surface area contributed by atoms with Crippen LogP contribution in [0.3, 0.4) is 0 Å². The van der Waals surface area contributed by atoms with Gasteiger partial charge in [-0.05, 0) is 0 Å². The van der Waals surface area contributed by atoms with Gasteiger partial charge >= 0.3 is 5.97 Å². The molecule has 6 heteroatoms. The maximum atomic E-state index is 11.3. The van der Waals surface area contributed by atoms with Gasteiger partial charge in [0.1, 0.15) is 6.10 Å². The lowest BCUT2D eigenvalue weighted by molar-refractivity contribution is -0.165. The zero-order valence-corrected chi connectivity index (χ0v) is 9.28. The van der Waals surface area contributed by atoms with Crippen LogP contribution < -0.4 is 0 Å². The Labute approximate surface area is 102 Å². The summed E-state index contributed by atoms with van der Waals surface area (Å²) in [4.78, 5) is 11.3. The topological polar surface area (TPSA) is 107 Å². The Morgan fingerprint density at radius 1 is 1.22 bits per heavy atom. The number of aliphatic hydroxyl groups excluding tert-OH is 4. The van der Waals surface area contributed by atoms with Crippen molar-refractivity contribution in [3.8, 4) is 0 Å². The van der Waals surface area contributed by atoms with Crippen molar-refractivity contribution in [2.45, 2.75) is 11.7 Å². The van der Waals surface area contributed by atoms with E-state index in [0.29, 0.717) is 0 Å². The predicted molar refractivity (Wildman–Crippen MR) is 59.6 cm³/mol. The fourth-order valence-electron chi connectivity index (χ4n) is 1.94. The van der Waals surface area contributed by atoms with Gasteiger partial charge in [-0.15, -0.1) is 0 Å². The lowest BCUT2D eigenvalue weighted by Gasteiger charge is -2.31. The lowest BCUT2D eigenvalue weighted by Crippen LogP contribution is -2.44. The van der Waals surface area contributed by atoms with Crippen LogP contribution in [0.1, 0.15) is 5.56 Å². The molecule has 0 unspecified atom stereocenters. The minimum absolute atomic E-state index is 0.251. The van der Waals surface area contributed by atoms with E-state index in [9.17, 15) is 20.1 Å². The van der Waals surface area contributed by atoms with Gasteiger partial charge in [0, 0.05) is 5.56 Å². The summed E-state index contributed by atoms with van der Waals surface area (Å²) < 4.78 is 4.89. The third-order valence-corrected chi connectivity index (χ3v) is 2.87. The zero-order valence-electron chi connectivity index (χ0n) is 9.28.